The van der Waals surface area contributed by atoms with Crippen molar-refractivity contribution in [1.29, 1.82) is 0 Å². The summed E-state index contributed by atoms with van der Waals surface area (Å²) in [6.07, 6.45) is 5.27. The first-order valence-corrected chi connectivity index (χ1v) is 8.15. The average Bonchev–Trinajstić information content (AvgIpc) is 3.10. The van der Waals surface area contributed by atoms with E-state index in [-0.39, 0.29) is 0 Å². The van der Waals surface area contributed by atoms with Gasteiger partial charge in [-0.2, -0.15) is 0 Å². The maximum absolute atomic E-state index is 6.21. The van der Waals surface area contributed by atoms with Crippen LogP contribution in [0.1, 0.15) is 30.4 Å². The van der Waals surface area contributed by atoms with Gasteiger partial charge in [0.05, 0.1) is 6.10 Å². The molecule has 0 amide bonds. The normalized spacial score (nSPS) is 26.4. The molecule has 3 atom stereocenters. The molecular weight excluding hydrogens is 280 g/mol. The molecule has 0 N–H and O–H groups in total. The lowest BCUT2D eigenvalue weighted by Gasteiger charge is -2.15. The van der Waals surface area contributed by atoms with Gasteiger partial charge in [-0.3, -0.25) is 0 Å². The number of benzene rings is 2. The minimum absolute atomic E-state index is 0.447. The van der Waals surface area contributed by atoms with E-state index in [9.17, 15) is 0 Å². The molecule has 0 bridgehead atoms. The molecule has 21 heavy (non-hydrogen) atoms. The Morgan fingerprint density at radius 2 is 1.62 bits per heavy atom. The SMILES string of the molecule is Clc1ccccc1Cc1ccc(OC2C[C@@H]3C[C@@H]3C2)cc1. The summed E-state index contributed by atoms with van der Waals surface area (Å²) in [6.45, 7) is 0. The van der Waals surface area contributed by atoms with Gasteiger partial charge in [0.1, 0.15) is 5.75 Å². The van der Waals surface area contributed by atoms with Gasteiger partial charge < -0.3 is 4.74 Å². The molecule has 108 valence electrons. The second kappa shape index (κ2) is 5.38. The Balaban J connectivity index is 1.40. The van der Waals surface area contributed by atoms with E-state index in [2.05, 4.69) is 30.3 Å². The van der Waals surface area contributed by atoms with Crippen LogP contribution in [0.4, 0.5) is 0 Å². The fourth-order valence-electron chi connectivity index (χ4n) is 3.50. The Morgan fingerprint density at radius 3 is 2.33 bits per heavy atom. The molecule has 2 aromatic rings. The van der Waals surface area contributed by atoms with Gasteiger partial charge in [-0.1, -0.05) is 41.9 Å². The lowest BCUT2D eigenvalue weighted by atomic mass is 10.0. The van der Waals surface area contributed by atoms with Crippen molar-refractivity contribution in [1.82, 2.24) is 0 Å². The zero-order valence-corrected chi connectivity index (χ0v) is 12.7. The third-order valence-corrected chi connectivity index (χ3v) is 5.15. The van der Waals surface area contributed by atoms with Crippen LogP contribution in [0.2, 0.25) is 5.02 Å². The topological polar surface area (TPSA) is 9.23 Å². The van der Waals surface area contributed by atoms with Crippen LogP contribution in [0, 0.1) is 11.8 Å². The monoisotopic (exact) mass is 298 g/mol. The van der Waals surface area contributed by atoms with E-state index >= 15 is 0 Å². The quantitative estimate of drug-likeness (QED) is 0.762. The summed E-state index contributed by atoms with van der Waals surface area (Å²) < 4.78 is 6.08. The second-order valence-corrected chi connectivity index (χ2v) is 6.79. The number of ether oxygens (including phenoxy) is 1. The standard InChI is InChI=1S/C19H19ClO/c20-19-4-2-1-3-14(19)9-13-5-7-17(8-6-13)21-18-11-15-10-16(15)12-18/h1-8,15-16,18H,9-12H2/t15-,16+,18?. The summed E-state index contributed by atoms with van der Waals surface area (Å²) in [4.78, 5) is 0. The first-order chi connectivity index (χ1) is 10.3. The highest BCUT2D eigenvalue weighted by Crippen LogP contribution is 2.52. The summed E-state index contributed by atoms with van der Waals surface area (Å²) in [5, 5.41) is 0.836. The van der Waals surface area contributed by atoms with Crippen molar-refractivity contribution in [3.63, 3.8) is 0 Å². The highest BCUT2D eigenvalue weighted by molar-refractivity contribution is 6.31. The number of fused-ring (bicyclic) bond motifs is 1. The Morgan fingerprint density at radius 1 is 0.905 bits per heavy atom. The molecule has 0 radical (unpaired) electrons. The molecule has 2 aliphatic carbocycles. The van der Waals surface area contributed by atoms with Crippen molar-refractivity contribution in [2.24, 2.45) is 11.8 Å². The van der Waals surface area contributed by atoms with Gasteiger partial charge in [0.2, 0.25) is 0 Å². The predicted molar refractivity (Wildman–Crippen MR) is 85.9 cm³/mol. The Kier molecular flexibility index (Phi) is 3.39. The van der Waals surface area contributed by atoms with Gasteiger partial charge in [-0.25, -0.2) is 0 Å². The minimum atomic E-state index is 0.447. The van der Waals surface area contributed by atoms with Gasteiger partial charge in [0, 0.05) is 5.02 Å². The molecule has 2 heteroatoms. The summed E-state index contributed by atoms with van der Waals surface area (Å²) >= 11 is 6.21. The summed E-state index contributed by atoms with van der Waals surface area (Å²) in [5.74, 6) is 2.94. The molecule has 2 aromatic carbocycles. The van der Waals surface area contributed by atoms with Crippen molar-refractivity contribution >= 4 is 11.6 Å². The Bertz CT molecular complexity index is 624. The largest absolute Gasteiger partial charge is 0.490 e. The van der Waals surface area contributed by atoms with Gasteiger partial charge in [0.15, 0.2) is 0 Å². The first kappa shape index (κ1) is 13.2. The molecular formula is C19H19ClO. The molecule has 2 saturated carbocycles. The van der Waals surface area contributed by atoms with E-state index in [1.807, 2.05) is 18.2 Å². The second-order valence-electron chi connectivity index (χ2n) is 6.38. The lowest BCUT2D eigenvalue weighted by Crippen LogP contribution is -2.13. The zero-order valence-electron chi connectivity index (χ0n) is 12.0. The maximum Gasteiger partial charge on any atom is 0.119 e. The van der Waals surface area contributed by atoms with Crippen molar-refractivity contribution in [3.8, 4) is 5.75 Å². The van der Waals surface area contributed by atoms with Gasteiger partial charge in [0.25, 0.3) is 0 Å². The van der Waals surface area contributed by atoms with Crippen LogP contribution in [0.3, 0.4) is 0 Å². The molecule has 0 aromatic heterocycles. The van der Waals surface area contributed by atoms with Crippen LogP contribution in [0.15, 0.2) is 48.5 Å². The molecule has 0 saturated heterocycles. The van der Waals surface area contributed by atoms with E-state index in [1.165, 1.54) is 30.4 Å². The van der Waals surface area contributed by atoms with Crippen molar-refractivity contribution in [2.75, 3.05) is 0 Å². The molecule has 0 heterocycles. The number of hydrogen-bond donors (Lipinski definition) is 0. The molecule has 0 spiro atoms. The minimum Gasteiger partial charge on any atom is -0.490 e. The average molecular weight is 299 g/mol. The van der Waals surface area contributed by atoms with Crippen LogP contribution >= 0.6 is 11.6 Å². The van der Waals surface area contributed by atoms with Crippen LogP contribution < -0.4 is 4.74 Å². The third kappa shape index (κ3) is 2.94. The van der Waals surface area contributed by atoms with Crippen molar-refractivity contribution in [3.05, 3.63) is 64.7 Å². The predicted octanol–water partition coefficient (Wildman–Crippen LogP) is 5.11. The van der Waals surface area contributed by atoms with Crippen molar-refractivity contribution in [2.45, 2.75) is 31.8 Å². The number of rotatable bonds is 4. The zero-order chi connectivity index (χ0) is 14.2. The van der Waals surface area contributed by atoms with Crippen LogP contribution in [0.5, 0.6) is 5.75 Å². The third-order valence-electron chi connectivity index (χ3n) is 4.78. The summed E-state index contributed by atoms with van der Waals surface area (Å²) in [5.41, 5.74) is 2.44. The molecule has 0 aliphatic heterocycles. The fraction of sp³-hybridized carbons (Fsp3) is 0.368. The van der Waals surface area contributed by atoms with Crippen LogP contribution in [-0.4, -0.2) is 6.10 Å². The Hall–Kier alpha value is -1.47. The van der Waals surface area contributed by atoms with E-state index in [4.69, 9.17) is 16.3 Å². The first-order valence-electron chi connectivity index (χ1n) is 7.77. The molecule has 1 nitrogen and oxygen atoms in total. The molecule has 4 rings (SSSR count). The van der Waals surface area contributed by atoms with E-state index < -0.39 is 0 Å². The summed E-state index contributed by atoms with van der Waals surface area (Å²) in [6, 6.07) is 16.5. The van der Waals surface area contributed by atoms with E-state index in [0.717, 1.165) is 29.0 Å². The number of halogens is 1. The van der Waals surface area contributed by atoms with Crippen LogP contribution in [-0.2, 0) is 6.42 Å². The molecule has 1 unspecified atom stereocenters. The summed E-state index contributed by atoms with van der Waals surface area (Å²) in [7, 11) is 0. The van der Waals surface area contributed by atoms with Gasteiger partial charge >= 0.3 is 0 Å². The highest BCUT2D eigenvalue weighted by atomic mass is 35.5. The highest BCUT2D eigenvalue weighted by Gasteiger charge is 2.46. The van der Waals surface area contributed by atoms with E-state index in [1.54, 1.807) is 0 Å². The van der Waals surface area contributed by atoms with Crippen LogP contribution in [0.25, 0.3) is 0 Å². The maximum atomic E-state index is 6.21. The van der Waals surface area contributed by atoms with Crippen molar-refractivity contribution < 1.29 is 4.74 Å². The molecule has 2 aliphatic rings. The fourth-order valence-corrected chi connectivity index (χ4v) is 3.70. The lowest BCUT2D eigenvalue weighted by molar-refractivity contribution is 0.194. The van der Waals surface area contributed by atoms with Gasteiger partial charge in [-0.05, 0) is 66.8 Å². The van der Waals surface area contributed by atoms with Gasteiger partial charge in [-0.15, -0.1) is 0 Å². The Labute approximate surface area is 130 Å². The molecule has 2 fully saturated rings. The number of hydrogen-bond acceptors (Lipinski definition) is 1. The smallest absolute Gasteiger partial charge is 0.119 e. The van der Waals surface area contributed by atoms with E-state index in [0.29, 0.717) is 6.10 Å².